The van der Waals surface area contributed by atoms with Crippen LogP contribution in [0.2, 0.25) is 0 Å². The van der Waals surface area contributed by atoms with Crippen LogP contribution in [0, 0.1) is 11.3 Å². The van der Waals surface area contributed by atoms with E-state index in [9.17, 15) is 4.79 Å². The molecule has 126 valence electrons. The normalized spacial score (nSPS) is 26.9. The van der Waals surface area contributed by atoms with Crippen LogP contribution in [-0.2, 0) is 11.3 Å². The maximum absolute atomic E-state index is 13.0. The van der Waals surface area contributed by atoms with E-state index in [1.165, 1.54) is 37.7 Å². The minimum absolute atomic E-state index is 0.0650. The van der Waals surface area contributed by atoms with Crippen LogP contribution in [0.1, 0.15) is 44.1 Å². The van der Waals surface area contributed by atoms with Crippen LogP contribution < -0.4 is 11.1 Å². The molecule has 3 fully saturated rings. The Kier molecular flexibility index (Phi) is 4.20. The number of hydrogen-bond donors (Lipinski definition) is 2. The number of thiophene rings is 1. The van der Waals surface area contributed by atoms with Gasteiger partial charge in [-0.15, -0.1) is 0 Å². The molecule has 2 saturated carbocycles. The van der Waals surface area contributed by atoms with Crippen molar-refractivity contribution in [1.82, 2.24) is 10.2 Å². The van der Waals surface area contributed by atoms with Crippen LogP contribution in [0.3, 0.4) is 0 Å². The lowest BCUT2D eigenvalue weighted by Crippen LogP contribution is -2.41. The first kappa shape index (κ1) is 15.6. The molecular formula is C18H27N3OS. The van der Waals surface area contributed by atoms with Gasteiger partial charge in [-0.3, -0.25) is 4.79 Å². The molecule has 3 aliphatic rings. The minimum atomic E-state index is 0.0650. The van der Waals surface area contributed by atoms with Crippen molar-refractivity contribution in [2.75, 3.05) is 13.1 Å². The number of carbonyl (C=O) groups is 1. The third-order valence-electron chi connectivity index (χ3n) is 6.01. The maximum Gasteiger partial charge on any atom is 0.224 e. The molecule has 2 heterocycles. The first-order valence-corrected chi connectivity index (χ1v) is 9.89. The Balaban J connectivity index is 1.46. The van der Waals surface area contributed by atoms with Gasteiger partial charge in [0.05, 0.1) is 0 Å². The fourth-order valence-corrected chi connectivity index (χ4v) is 4.85. The van der Waals surface area contributed by atoms with E-state index in [-0.39, 0.29) is 11.9 Å². The van der Waals surface area contributed by atoms with E-state index in [2.05, 4.69) is 27.0 Å². The van der Waals surface area contributed by atoms with Crippen molar-refractivity contribution in [3.8, 4) is 0 Å². The van der Waals surface area contributed by atoms with Crippen molar-refractivity contribution >= 4 is 17.2 Å². The summed E-state index contributed by atoms with van der Waals surface area (Å²) in [7, 11) is 0. The zero-order valence-electron chi connectivity index (χ0n) is 13.7. The van der Waals surface area contributed by atoms with Gasteiger partial charge in [0.15, 0.2) is 0 Å². The summed E-state index contributed by atoms with van der Waals surface area (Å²) < 4.78 is 0. The highest BCUT2D eigenvalue weighted by molar-refractivity contribution is 7.07. The van der Waals surface area contributed by atoms with Crippen molar-refractivity contribution in [1.29, 1.82) is 0 Å². The van der Waals surface area contributed by atoms with Crippen molar-refractivity contribution in [3.63, 3.8) is 0 Å². The summed E-state index contributed by atoms with van der Waals surface area (Å²) in [5.41, 5.74) is 7.88. The van der Waals surface area contributed by atoms with Crippen molar-refractivity contribution in [2.45, 2.75) is 57.2 Å². The van der Waals surface area contributed by atoms with E-state index in [4.69, 9.17) is 5.73 Å². The lowest BCUT2D eigenvalue weighted by molar-refractivity contribution is -0.133. The van der Waals surface area contributed by atoms with Gasteiger partial charge in [-0.2, -0.15) is 11.3 Å². The van der Waals surface area contributed by atoms with E-state index in [1.807, 2.05) is 0 Å². The number of rotatable bonds is 6. The highest BCUT2D eigenvalue weighted by Crippen LogP contribution is 2.56. The Morgan fingerprint density at radius 1 is 1.43 bits per heavy atom. The molecule has 1 aromatic heterocycles. The summed E-state index contributed by atoms with van der Waals surface area (Å²) in [4.78, 5) is 15.1. The summed E-state index contributed by atoms with van der Waals surface area (Å²) in [5, 5.41) is 7.71. The van der Waals surface area contributed by atoms with Gasteiger partial charge < -0.3 is 16.0 Å². The van der Waals surface area contributed by atoms with E-state index in [1.54, 1.807) is 11.3 Å². The lowest BCUT2D eigenvalue weighted by atomic mass is 9.93. The fourth-order valence-electron chi connectivity index (χ4n) is 4.19. The van der Waals surface area contributed by atoms with Gasteiger partial charge in [-0.05, 0) is 78.9 Å². The van der Waals surface area contributed by atoms with Crippen LogP contribution in [0.15, 0.2) is 16.8 Å². The number of nitrogens with one attached hydrogen (secondary N) is 1. The summed E-state index contributed by atoms with van der Waals surface area (Å²) >= 11 is 1.71. The third kappa shape index (κ3) is 3.32. The quantitative estimate of drug-likeness (QED) is 0.840. The molecule has 5 heteroatoms. The Morgan fingerprint density at radius 2 is 2.22 bits per heavy atom. The van der Waals surface area contributed by atoms with Gasteiger partial charge in [0, 0.05) is 25.0 Å². The fraction of sp³-hybridized carbons (Fsp3) is 0.722. The standard InChI is InChI=1S/C18H27N3OS/c19-15(14-1-2-14)9-17(22)21(11-13-3-8-23-12-13)16-10-18(16)4-6-20-7-5-18/h3,8,12,14-16,20H,1-2,4-7,9-11,19H2/t15-,16-/m0/s1. The molecule has 1 aliphatic heterocycles. The van der Waals surface area contributed by atoms with Crippen molar-refractivity contribution in [3.05, 3.63) is 22.4 Å². The van der Waals surface area contributed by atoms with E-state index in [0.29, 0.717) is 23.8 Å². The van der Waals surface area contributed by atoms with Crippen molar-refractivity contribution in [2.24, 2.45) is 17.1 Å². The molecule has 4 nitrogen and oxygen atoms in total. The number of nitrogens with two attached hydrogens (primary N) is 1. The predicted molar refractivity (Wildman–Crippen MR) is 93.1 cm³/mol. The first-order chi connectivity index (χ1) is 11.2. The number of amides is 1. The van der Waals surface area contributed by atoms with Crippen LogP contribution >= 0.6 is 11.3 Å². The molecular weight excluding hydrogens is 306 g/mol. The molecule has 2 atom stereocenters. The Labute approximate surface area is 142 Å². The monoisotopic (exact) mass is 333 g/mol. The van der Waals surface area contributed by atoms with E-state index >= 15 is 0 Å². The average molecular weight is 334 g/mol. The summed E-state index contributed by atoms with van der Waals surface area (Å²) in [6.07, 6.45) is 6.54. The summed E-state index contributed by atoms with van der Waals surface area (Å²) in [6, 6.07) is 2.64. The zero-order chi connectivity index (χ0) is 15.9. The van der Waals surface area contributed by atoms with Crippen molar-refractivity contribution < 1.29 is 4.79 Å². The Hall–Kier alpha value is -0.910. The Bertz CT molecular complexity index is 549. The molecule has 2 aliphatic carbocycles. The molecule has 4 rings (SSSR count). The van der Waals surface area contributed by atoms with Gasteiger partial charge in [-0.1, -0.05) is 0 Å². The largest absolute Gasteiger partial charge is 0.335 e. The first-order valence-electron chi connectivity index (χ1n) is 8.95. The van der Waals surface area contributed by atoms with Gasteiger partial charge >= 0.3 is 0 Å². The molecule has 1 aromatic rings. The lowest BCUT2D eigenvalue weighted by Gasteiger charge is -2.30. The van der Waals surface area contributed by atoms with E-state index in [0.717, 1.165) is 19.6 Å². The molecule has 23 heavy (non-hydrogen) atoms. The van der Waals surface area contributed by atoms with Crippen LogP contribution in [-0.4, -0.2) is 36.0 Å². The van der Waals surface area contributed by atoms with Gasteiger partial charge in [0.2, 0.25) is 5.91 Å². The molecule has 1 amide bonds. The van der Waals surface area contributed by atoms with Crippen LogP contribution in [0.5, 0.6) is 0 Å². The smallest absolute Gasteiger partial charge is 0.224 e. The minimum Gasteiger partial charge on any atom is -0.335 e. The Morgan fingerprint density at radius 3 is 2.87 bits per heavy atom. The number of piperidine rings is 1. The summed E-state index contributed by atoms with van der Waals surface area (Å²) in [5.74, 6) is 0.866. The molecule has 0 aromatic carbocycles. The zero-order valence-corrected chi connectivity index (χ0v) is 14.5. The highest BCUT2D eigenvalue weighted by atomic mass is 32.1. The predicted octanol–water partition coefficient (Wildman–Crippen LogP) is 2.35. The second-order valence-corrected chi connectivity index (χ2v) is 8.47. The molecule has 0 radical (unpaired) electrons. The molecule has 1 spiro atoms. The average Bonchev–Trinajstić information content (AvgIpc) is 3.45. The van der Waals surface area contributed by atoms with E-state index < -0.39 is 0 Å². The SMILES string of the molecule is N[C@@H](CC(=O)N(Cc1ccsc1)[C@H]1CC12CCNCC2)C1CC1. The number of carbonyl (C=O) groups excluding carboxylic acids is 1. The van der Waals surface area contributed by atoms with Gasteiger partial charge in [0.25, 0.3) is 0 Å². The van der Waals surface area contributed by atoms with Crippen LogP contribution in [0.4, 0.5) is 0 Å². The second-order valence-electron chi connectivity index (χ2n) is 7.69. The van der Waals surface area contributed by atoms with Gasteiger partial charge in [0.1, 0.15) is 0 Å². The summed E-state index contributed by atoms with van der Waals surface area (Å²) in [6.45, 7) is 2.96. The van der Waals surface area contributed by atoms with Crippen LogP contribution in [0.25, 0.3) is 0 Å². The molecule has 1 saturated heterocycles. The topological polar surface area (TPSA) is 58.4 Å². The third-order valence-corrected chi connectivity index (χ3v) is 6.75. The highest BCUT2D eigenvalue weighted by Gasteiger charge is 2.57. The molecule has 0 bridgehead atoms. The second kappa shape index (κ2) is 6.19. The molecule has 3 N–H and O–H groups in total. The number of nitrogens with zero attached hydrogens (tertiary/aromatic N) is 1. The number of hydrogen-bond acceptors (Lipinski definition) is 4. The molecule has 0 unspecified atom stereocenters. The maximum atomic E-state index is 13.0. The van der Waals surface area contributed by atoms with Gasteiger partial charge in [-0.25, -0.2) is 0 Å².